The molecule has 1 saturated heterocycles. The van der Waals surface area contributed by atoms with Gasteiger partial charge in [-0.1, -0.05) is 11.6 Å². The van der Waals surface area contributed by atoms with Crippen molar-refractivity contribution in [3.63, 3.8) is 0 Å². The molecule has 2 rings (SSSR count). The molecule has 0 bridgehead atoms. The molecule has 0 aromatic heterocycles. The summed E-state index contributed by atoms with van der Waals surface area (Å²) in [6.07, 6.45) is 2.40. The van der Waals surface area contributed by atoms with Crippen LogP contribution in [-0.2, 0) is 0 Å². The number of hydrogen-bond donors (Lipinski definition) is 1. The maximum Gasteiger partial charge on any atom is 0.134 e. The van der Waals surface area contributed by atoms with E-state index in [9.17, 15) is 0 Å². The molecule has 108 valence electrons. The first-order valence-corrected chi connectivity index (χ1v) is 7.55. The summed E-state index contributed by atoms with van der Waals surface area (Å²) < 4.78 is 6.94. The second-order valence-electron chi connectivity index (χ2n) is 4.95. The molecule has 1 aromatic carbocycles. The quantitative estimate of drug-likeness (QED) is 0.846. The van der Waals surface area contributed by atoms with Crippen molar-refractivity contribution in [2.45, 2.75) is 26.7 Å². The number of nitrogens with one attached hydrogen (secondary N) is 1. The molecule has 1 aromatic rings. The lowest BCUT2D eigenvalue weighted by atomic mass is 9.99. The Morgan fingerprint density at radius 3 is 2.63 bits per heavy atom. The Kier molecular flexibility index (Phi) is 6.95. The molecule has 0 spiro atoms. The van der Waals surface area contributed by atoms with Crippen LogP contribution in [0, 0.1) is 19.8 Å². The zero-order chi connectivity index (χ0) is 13.1. The lowest BCUT2D eigenvalue weighted by Crippen LogP contribution is -2.30. The van der Waals surface area contributed by atoms with Gasteiger partial charge >= 0.3 is 0 Å². The third-order valence-corrected chi connectivity index (χ3v) is 5.07. The first-order valence-electron chi connectivity index (χ1n) is 6.38. The summed E-state index contributed by atoms with van der Waals surface area (Å²) in [4.78, 5) is 0. The molecule has 0 amide bonds. The molecule has 0 unspecified atom stereocenters. The Bertz CT molecular complexity index is 434. The van der Waals surface area contributed by atoms with Gasteiger partial charge in [0.05, 0.1) is 11.1 Å². The molecule has 19 heavy (non-hydrogen) atoms. The van der Waals surface area contributed by atoms with Crippen LogP contribution in [0.2, 0.25) is 5.02 Å². The summed E-state index contributed by atoms with van der Waals surface area (Å²) in [5.74, 6) is 1.57. The number of halogens is 3. The molecule has 1 aliphatic rings. The molecule has 1 heterocycles. The standard InChI is InChI=1S/C14H19BrClNO.ClH/c1-9-7-12(13(15)10(2)14(9)16)18-8-11-3-5-17-6-4-11;/h7,11,17H,3-6,8H2,1-2H3;1H. The highest BCUT2D eigenvalue weighted by Crippen LogP contribution is 2.36. The van der Waals surface area contributed by atoms with E-state index in [-0.39, 0.29) is 12.4 Å². The van der Waals surface area contributed by atoms with E-state index >= 15 is 0 Å². The van der Waals surface area contributed by atoms with E-state index in [1.54, 1.807) is 0 Å². The normalized spacial score (nSPS) is 16.0. The van der Waals surface area contributed by atoms with Crippen molar-refractivity contribution in [1.82, 2.24) is 5.32 Å². The third kappa shape index (κ3) is 4.25. The predicted molar refractivity (Wildman–Crippen MR) is 87.0 cm³/mol. The smallest absolute Gasteiger partial charge is 0.134 e. The zero-order valence-electron chi connectivity index (χ0n) is 11.3. The minimum Gasteiger partial charge on any atom is -0.492 e. The van der Waals surface area contributed by atoms with Gasteiger partial charge < -0.3 is 10.1 Å². The van der Waals surface area contributed by atoms with Gasteiger partial charge in [-0.2, -0.15) is 0 Å². The van der Waals surface area contributed by atoms with Gasteiger partial charge in [0.25, 0.3) is 0 Å². The van der Waals surface area contributed by atoms with Crippen LogP contribution >= 0.6 is 39.9 Å². The van der Waals surface area contributed by atoms with E-state index < -0.39 is 0 Å². The van der Waals surface area contributed by atoms with Crippen LogP contribution in [0.3, 0.4) is 0 Å². The SMILES string of the molecule is Cc1cc(OCC2CCNCC2)c(Br)c(C)c1Cl.Cl. The van der Waals surface area contributed by atoms with Crippen LogP contribution in [0.1, 0.15) is 24.0 Å². The molecule has 1 N–H and O–H groups in total. The fourth-order valence-corrected chi connectivity index (χ4v) is 2.95. The van der Waals surface area contributed by atoms with Gasteiger partial charge in [-0.15, -0.1) is 12.4 Å². The number of ether oxygens (including phenoxy) is 1. The second-order valence-corrected chi connectivity index (χ2v) is 6.12. The van der Waals surface area contributed by atoms with Crippen LogP contribution in [-0.4, -0.2) is 19.7 Å². The van der Waals surface area contributed by atoms with Crippen molar-refractivity contribution in [2.24, 2.45) is 5.92 Å². The summed E-state index contributed by atoms with van der Waals surface area (Å²) in [5.41, 5.74) is 2.12. The topological polar surface area (TPSA) is 21.3 Å². The monoisotopic (exact) mass is 367 g/mol. The van der Waals surface area contributed by atoms with E-state index in [1.807, 2.05) is 19.9 Å². The first-order chi connectivity index (χ1) is 8.59. The molecular weight excluding hydrogens is 349 g/mol. The number of benzene rings is 1. The maximum atomic E-state index is 6.21. The number of rotatable bonds is 3. The van der Waals surface area contributed by atoms with Crippen molar-refractivity contribution in [2.75, 3.05) is 19.7 Å². The molecule has 1 aliphatic heterocycles. The van der Waals surface area contributed by atoms with E-state index in [0.717, 1.165) is 46.1 Å². The van der Waals surface area contributed by atoms with Gasteiger partial charge in [-0.3, -0.25) is 0 Å². The molecule has 1 fully saturated rings. The van der Waals surface area contributed by atoms with Crippen molar-refractivity contribution in [3.05, 3.63) is 26.7 Å². The fourth-order valence-electron chi connectivity index (χ4n) is 2.26. The number of aryl methyl sites for hydroxylation is 1. The van der Waals surface area contributed by atoms with Crippen LogP contribution in [0.25, 0.3) is 0 Å². The molecule has 5 heteroatoms. The third-order valence-electron chi connectivity index (χ3n) is 3.50. The lowest BCUT2D eigenvalue weighted by Gasteiger charge is -2.23. The summed E-state index contributed by atoms with van der Waals surface area (Å²) in [5, 5.41) is 4.18. The minimum atomic E-state index is 0. The zero-order valence-corrected chi connectivity index (χ0v) is 14.4. The van der Waals surface area contributed by atoms with Crippen molar-refractivity contribution >= 4 is 39.9 Å². The van der Waals surface area contributed by atoms with E-state index in [2.05, 4.69) is 21.2 Å². The highest BCUT2D eigenvalue weighted by atomic mass is 79.9. The maximum absolute atomic E-state index is 6.21. The molecule has 2 nitrogen and oxygen atoms in total. The van der Waals surface area contributed by atoms with Crippen molar-refractivity contribution in [1.29, 1.82) is 0 Å². The number of hydrogen-bond acceptors (Lipinski definition) is 2. The molecule has 0 saturated carbocycles. The average molecular weight is 369 g/mol. The highest BCUT2D eigenvalue weighted by Gasteiger charge is 2.16. The summed E-state index contributed by atoms with van der Waals surface area (Å²) in [7, 11) is 0. The largest absolute Gasteiger partial charge is 0.492 e. The predicted octanol–water partition coefficient (Wildman–Crippen LogP) is 4.52. The van der Waals surface area contributed by atoms with Crippen LogP contribution in [0.5, 0.6) is 5.75 Å². The van der Waals surface area contributed by atoms with Crippen LogP contribution < -0.4 is 10.1 Å². The van der Waals surface area contributed by atoms with Gasteiger partial charge in [-0.25, -0.2) is 0 Å². The minimum absolute atomic E-state index is 0. The van der Waals surface area contributed by atoms with Gasteiger partial charge in [-0.05, 0) is 78.8 Å². The Morgan fingerprint density at radius 1 is 1.37 bits per heavy atom. The lowest BCUT2D eigenvalue weighted by molar-refractivity contribution is 0.214. The molecule has 0 aliphatic carbocycles. The molecule has 0 radical (unpaired) electrons. The summed E-state index contributed by atoms with van der Waals surface area (Å²) >= 11 is 9.78. The Labute approximate surface area is 134 Å². The fraction of sp³-hybridized carbons (Fsp3) is 0.571. The Hall–Kier alpha value is 0.0400. The Morgan fingerprint density at radius 2 is 2.00 bits per heavy atom. The van der Waals surface area contributed by atoms with Crippen LogP contribution in [0.4, 0.5) is 0 Å². The molecule has 0 atom stereocenters. The van der Waals surface area contributed by atoms with E-state index in [4.69, 9.17) is 16.3 Å². The van der Waals surface area contributed by atoms with Crippen molar-refractivity contribution < 1.29 is 4.74 Å². The van der Waals surface area contributed by atoms with Gasteiger partial charge in [0.1, 0.15) is 5.75 Å². The summed E-state index contributed by atoms with van der Waals surface area (Å²) in [6.45, 7) is 7.03. The number of piperidine rings is 1. The van der Waals surface area contributed by atoms with Gasteiger partial charge in [0.2, 0.25) is 0 Å². The van der Waals surface area contributed by atoms with Crippen molar-refractivity contribution in [3.8, 4) is 5.75 Å². The molecular formula is C14H20BrCl2NO. The second kappa shape index (κ2) is 7.72. The van der Waals surface area contributed by atoms with E-state index in [1.165, 1.54) is 12.8 Å². The first kappa shape index (κ1) is 17.1. The summed E-state index contributed by atoms with van der Waals surface area (Å²) in [6, 6.07) is 2.01. The van der Waals surface area contributed by atoms with Gasteiger partial charge in [0.15, 0.2) is 0 Å². The Balaban J connectivity index is 0.00000180. The average Bonchev–Trinajstić information content (AvgIpc) is 2.40. The van der Waals surface area contributed by atoms with Crippen LogP contribution in [0.15, 0.2) is 10.5 Å². The van der Waals surface area contributed by atoms with E-state index in [0.29, 0.717) is 5.92 Å². The highest BCUT2D eigenvalue weighted by molar-refractivity contribution is 9.10. The van der Waals surface area contributed by atoms with Gasteiger partial charge in [0, 0.05) is 5.02 Å².